The molecule has 1 aliphatic rings. The van der Waals surface area contributed by atoms with Gasteiger partial charge in [0.05, 0.1) is 0 Å². The number of hydrogen-bond donors (Lipinski definition) is 1. The third kappa shape index (κ3) is 2.20. The summed E-state index contributed by atoms with van der Waals surface area (Å²) in [4.78, 5) is 24.3. The van der Waals surface area contributed by atoms with Gasteiger partial charge in [-0.05, 0) is 45.9 Å². The van der Waals surface area contributed by atoms with Crippen molar-refractivity contribution in [2.24, 2.45) is 0 Å². The van der Waals surface area contributed by atoms with Crippen molar-refractivity contribution in [2.45, 2.75) is 38.7 Å². The second-order valence-corrected chi connectivity index (χ2v) is 5.77. The molecule has 0 radical (unpaired) electrons. The summed E-state index contributed by atoms with van der Waals surface area (Å²) in [7, 11) is 0. The molecule has 0 aliphatic carbocycles. The van der Waals surface area contributed by atoms with E-state index in [1.165, 1.54) is 25.1 Å². The molecule has 1 amide bonds. The van der Waals surface area contributed by atoms with Crippen LogP contribution in [0.3, 0.4) is 0 Å². The highest BCUT2D eigenvalue weighted by atomic mass is 19.1. The molecule has 102 valence electrons. The molecule has 1 aliphatic heterocycles. The Morgan fingerprint density at radius 1 is 1.37 bits per heavy atom. The number of fused-ring (bicyclic) bond motifs is 1. The zero-order chi connectivity index (χ0) is 14.4. The number of anilines is 1. The Morgan fingerprint density at radius 3 is 2.58 bits per heavy atom. The van der Waals surface area contributed by atoms with Crippen LogP contribution in [0.1, 0.15) is 33.3 Å². The summed E-state index contributed by atoms with van der Waals surface area (Å²) >= 11 is 0. The summed E-state index contributed by atoms with van der Waals surface area (Å²) < 4.78 is 18.6. The van der Waals surface area contributed by atoms with Crippen molar-refractivity contribution in [3.05, 3.63) is 29.6 Å². The molecule has 0 saturated heterocycles. The zero-order valence-electron chi connectivity index (χ0n) is 11.3. The molecular formula is C14H16FNO3. The maximum atomic E-state index is 13.3. The maximum Gasteiger partial charge on any atom is 0.326 e. The highest BCUT2D eigenvalue weighted by Crippen LogP contribution is 2.39. The molecule has 1 aromatic rings. The number of hydrogen-bond acceptors (Lipinski definition) is 3. The number of halogens is 1. The fourth-order valence-electron chi connectivity index (χ4n) is 1.99. The van der Waals surface area contributed by atoms with Crippen LogP contribution in [0.4, 0.5) is 10.1 Å². The molecule has 0 fully saturated rings. The molecule has 5 heteroatoms. The molecule has 19 heavy (non-hydrogen) atoms. The maximum absolute atomic E-state index is 13.3. The highest BCUT2D eigenvalue weighted by Gasteiger charge is 2.51. The number of nitrogens with one attached hydrogen (secondary N) is 1. The largest absolute Gasteiger partial charge is 0.459 e. The lowest BCUT2D eigenvalue weighted by Gasteiger charge is -2.27. The van der Waals surface area contributed by atoms with Crippen molar-refractivity contribution < 1.29 is 18.7 Å². The lowest BCUT2D eigenvalue weighted by atomic mass is 9.83. The van der Waals surface area contributed by atoms with Gasteiger partial charge in [-0.1, -0.05) is 0 Å². The third-order valence-corrected chi connectivity index (χ3v) is 3.03. The van der Waals surface area contributed by atoms with Gasteiger partial charge in [0.2, 0.25) is 5.91 Å². The van der Waals surface area contributed by atoms with E-state index in [2.05, 4.69) is 5.32 Å². The molecule has 0 aromatic heterocycles. The second-order valence-electron chi connectivity index (χ2n) is 5.77. The minimum Gasteiger partial charge on any atom is -0.459 e. The molecular weight excluding hydrogens is 249 g/mol. The van der Waals surface area contributed by atoms with E-state index in [4.69, 9.17) is 4.74 Å². The first-order valence-electron chi connectivity index (χ1n) is 5.99. The number of amides is 1. The number of carbonyl (C=O) groups is 2. The number of benzene rings is 1. The van der Waals surface area contributed by atoms with Gasteiger partial charge in [-0.2, -0.15) is 0 Å². The van der Waals surface area contributed by atoms with Crippen LogP contribution in [-0.2, 0) is 19.7 Å². The van der Waals surface area contributed by atoms with E-state index in [-0.39, 0.29) is 0 Å². The summed E-state index contributed by atoms with van der Waals surface area (Å²) in [6, 6.07) is 3.87. The van der Waals surface area contributed by atoms with E-state index in [1.807, 2.05) is 0 Å². The first-order chi connectivity index (χ1) is 8.64. The van der Waals surface area contributed by atoms with E-state index < -0.39 is 28.7 Å². The average molecular weight is 265 g/mol. The van der Waals surface area contributed by atoms with E-state index in [9.17, 15) is 14.0 Å². The van der Waals surface area contributed by atoms with Gasteiger partial charge in [0, 0.05) is 11.3 Å². The van der Waals surface area contributed by atoms with Crippen LogP contribution in [0.25, 0.3) is 0 Å². The van der Waals surface area contributed by atoms with Crippen LogP contribution in [0.15, 0.2) is 18.2 Å². The molecule has 0 unspecified atom stereocenters. The number of rotatable bonds is 1. The average Bonchev–Trinajstić information content (AvgIpc) is 2.51. The van der Waals surface area contributed by atoms with Crippen LogP contribution >= 0.6 is 0 Å². The fraction of sp³-hybridized carbons (Fsp3) is 0.429. The van der Waals surface area contributed by atoms with Crippen LogP contribution in [0, 0.1) is 5.82 Å². The standard InChI is InChI=1S/C14H16FNO3/c1-13(2,3)19-12(18)14(4)9-7-8(15)5-6-10(9)16-11(14)17/h5-7H,1-4H3,(H,16,17)/t14-/m0/s1. The van der Waals surface area contributed by atoms with Gasteiger partial charge < -0.3 is 10.1 Å². The minimum atomic E-state index is -1.51. The van der Waals surface area contributed by atoms with Crippen molar-refractivity contribution in [1.82, 2.24) is 0 Å². The van der Waals surface area contributed by atoms with Crippen molar-refractivity contribution in [3.8, 4) is 0 Å². The van der Waals surface area contributed by atoms with Gasteiger partial charge in [-0.3, -0.25) is 9.59 Å². The third-order valence-electron chi connectivity index (χ3n) is 3.03. The predicted molar refractivity (Wildman–Crippen MR) is 68.2 cm³/mol. The molecule has 0 spiro atoms. The van der Waals surface area contributed by atoms with Crippen LogP contribution in [0.5, 0.6) is 0 Å². The molecule has 1 N–H and O–H groups in total. The normalized spacial score (nSPS) is 21.8. The number of carbonyl (C=O) groups excluding carboxylic acids is 2. The van der Waals surface area contributed by atoms with Crippen LogP contribution < -0.4 is 5.32 Å². The van der Waals surface area contributed by atoms with Crippen molar-refractivity contribution >= 4 is 17.6 Å². The van der Waals surface area contributed by atoms with Gasteiger partial charge in [0.15, 0.2) is 5.41 Å². The Balaban J connectivity index is 2.47. The molecule has 1 atom stereocenters. The molecule has 4 nitrogen and oxygen atoms in total. The summed E-state index contributed by atoms with van der Waals surface area (Å²) in [5.41, 5.74) is -1.47. The summed E-state index contributed by atoms with van der Waals surface area (Å²) in [5, 5.41) is 2.58. The van der Waals surface area contributed by atoms with Gasteiger partial charge >= 0.3 is 5.97 Å². The quantitative estimate of drug-likeness (QED) is 0.626. The predicted octanol–water partition coefficient (Wildman–Crippen LogP) is 2.38. The lowest BCUT2D eigenvalue weighted by molar-refractivity contribution is -0.163. The first kappa shape index (κ1) is 13.5. The van der Waals surface area contributed by atoms with Crippen molar-refractivity contribution in [3.63, 3.8) is 0 Å². The molecule has 0 bridgehead atoms. The SMILES string of the molecule is CC(C)(C)OC(=O)[C@]1(C)C(=O)Nc2ccc(F)cc21. The van der Waals surface area contributed by atoms with Crippen molar-refractivity contribution in [1.29, 1.82) is 0 Å². The van der Waals surface area contributed by atoms with Crippen LogP contribution in [-0.4, -0.2) is 17.5 Å². The minimum absolute atomic E-state index is 0.312. The Hall–Kier alpha value is -1.91. The van der Waals surface area contributed by atoms with Crippen molar-refractivity contribution in [2.75, 3.05) is 5.32 Å². The number of ether oxygens (including phenoxy) is 1. The van der Waals surface area contributed by atoms with E-state index in [0.717, 1.165) is 0 Å². The Morgan fingerprint density at radius 2 is 2.00 bits per heavy atom. The monoisotopic (exact) mass is 265 g/mol. The second kappa shape index (κ2) is 4.05. The summed E-state index contributed by atoms with van der Waals surface area (Å²) in [6.45, 7) is 6.59. The summed E-state index contributed by atoms with van der Waals surface area (Å²) in [5.74, 6) is -1.67. The topological polar surface area (TPSA) is 55.4 Å². The fourth-order valence-corrected chi connectivity index (χ4v) is 1.99. The molecule has 1 aromatic carbocycles. The van der Waals surface area contributed by atoms with Gasteiger partial charge in [0.1, 0.15) is 11.4 Å². The summed E-state index contributed by atoms with van der Waals surface area (Å²) in [6.07, 6.45) is 0. The smallest absolute Gasteiger partial charge is 0.326 e. The van der Waals surface area contributed by atoms with Gasteiger partial charge in [-0.25, -0.2) is 4.39 Å². The van der Waals surface area contributed by atoms with Gasteiger partial charge in [-0.15, -0.1) is 0 Å². The molecule has 1 heterocycles. The first-order valence-corrected chi connectivity index (χ1v) is 5.99. The van der Waals surface area contributed by atoms with E-state index in [0.29, 0.717) is 11.3 Å². The number of esters is 1. The Kier molecular flexibility index (Phi) is 2.88. The molecule has 2 rings (SSSR count). The zero-order valence-corrected chi connectivity index (χ0v) is 11.3. The Bertz CT molecular complexity index is 562. The van der Waals surface area contributed by atoms with Crippen LogP contribution in [0.2, 0.25) is 0 Å². The Labute approximate surface area is 110 Å². The highest BCUT2D eigenvalue weighted by molar-refractivity contribution is 6.19. The van der Waals surface area contributed by atoms with E-state index >= 15 is 0 Å². The van der Waals surface area contributed by atoms with Gasteiger partial charge in [0.25, 0.3) is 0 Å². The molecule has 0 saturated carbocycles. The lowest BCUT2D eigenvalue weighted by Crippen LogP contribution is -2.43. The van der Waals surface area contributed by atoms with E-state index in [1.54, 1.807) is 20.8 Å².